The van der Waals surface area contributed by atoms with E-state index in [1.54, 1.807) is 23.9 Å². The lowest BCUT2D eigenvalue weighted by Gasteiger charge is -2.40. The van der Waals surface area contributed by atoms with Crippen molar-refractivity contribution in [3.8, 4) is 0 Å². The van der Waals surface area contributed by atoms with Gasteiger partial charge >= 0.3 is 5.97 Å². The van der Waals surface area contributed by atoms with E-state index >= 15 is 0 Å². The van der Waals surface area contributed by atoms with Crippen LogP contribution in [0.2, 0.25) is 0 Å². The predicted octanol–water partition coefficient (Wildman–Crippen LogP) is 4.76. The van der Waals surface area contributed by atoms with E-state index in [1.807, 2.05) is 25.1 Å². The van der Waals surface area contributed by atoms with E-state index in [4.69, 9.17) is 9.73 Å². The van der Waals surface area contributed by atoms with E-state index in [9.17, 15) is 14.0 Å². The van der Waals surface area contributed by atoms with Crippen LogP contribution in [0.25, 0.3) is 0 Å². The van der Waals surface area contributed by atoms with Crippen LogP contribution in [0, 0.1) is 5.82 Å². The van der Waals surface area contributed by atoms with Crippen LogP contribution in [-0.4, -0.2) is 41.4 Å². The lowest BCUT2D eigenvalue weighted by molar-refractivity contribution is -0.137. The number of carbonyl (C=O) groups excluding carboxylic acids is 2. The van der Waals surface area contributed by atoms with Gasteiger partial charge in [0.15, 0.2) is 5.17 Å². The van der Waals surface area contributed by atoms with Gasteiger partial charge in [-0.2, -0.15) is 0 Å². The molecule has 4 rings (SSSR count). The van der Waals surface area contributed by atoms with Crippen molar-refractivity contribution in [1.29, 1.82) is 0 Å². The molecule has 1 fully saturated rings. The Morgan fingerprint density at radius 2 is 2.06 bits per heavy atom. The number of benzene rings is 2. The van der Waals surface area contributed by atoms with Gasteiger partial charge in [-0.1, -0.05) is 43.0 Å². The maximum atomic E-state index is 14.0. The molecule has 0 aromatic heterocycles. The summed E-state index contributed by atoms with van der Waals surface area (Å²) in [6, 6.07) is 12.8. The molecular formula is C24H24FN3O3S. The molecule has 2 aromatic rings. The van der Waals surface area contributed by atoms with E-state index in [0.717, 1.165) is 29.4 Å². The van der Waals surface area contributed by atoms with Crippen LogP contribution >= 0.6 is 11.8 Å². The molecule has 0 radical (unpaired) electrons. The molecule has 0 aliphatic carbocycles. The number of anilines is 1. The first-order valence-corrected chi connectivity index (χ1v) is 11.5. The molecule has 1 saturated heterocycles. The fraction of sp³-hybridized carbons (Fsp3) is 0.292. The van der Waals surface area contributed by atoms with Crippen molar-refractivity contribution >= 4 is 34.5 Å². The molecule has 1 atom stereocenters. The lowest BCUT2D eigenvalue weighted by atomic mass is 9.93. The number of carbonyl (C=O) groups is 2. The van der Waals surface area contributed by atoms with Gasteiger partial charge in [0.05, 0.1) is 30.0 Å². The summed E-state index contributed by atoms with van der Waals surface area (Å²) in [5, 5.41) is 3.66. The zero-order valence-corrected chi connectivity index (χ0v) is 18.7. The van der Waals surface area contributed by atoms with Crippen molar-refractivity contribution in [2.75, 3.05) is 24.7 Å². The molecule has 166 valence electrons. The Morgan fingerprint density at radius 3 is 2.81 bits per heavy atom. The van der Waals surface area contributed by atoms with E-state index in [-0.39, 0.29) is 11.6 Å². The quantitative estimate of drug-likeness (QED) is 0.661. The largest absolute Gasteiger partial charge is 0.466 e. The number of esters is 1. The molecule has 1 N–H and O–H groups in total. The minimum absolute atomic E-state index is 0.0270. The number of rotatable bonds is 5. The molecule has 8 heteroatoms. The Hall–Kier alpha value is -3.13. The zero-order chi connectivity index (χ0) is 22.7. The minimum Gasteiger partial charge on any atom is -0.466 e. The fourth-order valence-corrected chi connectivity index (χ4v) is 4.98. The topological polar surface area (TPSA) is 71.0 Å². The van der Waals surface area contributed by atoms with Gasteiger partial charge in [0.1, 0.15) is 5.82 Å². The van der Waals surface area contributed by atoms with Crippen molar-refractivity contribution in [1.82, 2.24) is 4.90 Å². The van der Waals surface area contributed by atoms with Crippen LogP contribution in [0.3, 0.4) is 0 Å². The van der Waals surface area contributed by atoms with Gasteiger partial charge in [0.25, 0.3) is 5.91 Å². The number of fused-ring (bicyclic) bond motifs is 1. The normalized spacial score (nSPS) is 18.0. The van der Waals surface area contributed by atoms with E-state index in [2.05, 4.69) is 10.2 Å². The zero-order valence-electron chi connectivity index (χ0n) is 17.9. The predicted molar refractivity (Wildman–Crippen MR) is 124 cm³/mol. The number of halogens is 1. The summed E-state index contributed by atoms with van der Waals surface area (Å²) in [5.74, 6) is -0.544. The smallest absolute Gasteiger partial charge is 0.338 e. The second-order valence-electron chi connectivity index (χ2n) is 7.46. The number of hydrogen-bond acceptors (Lipinski definition) is 6. The molecule has 2 aromatic carbocycles. The Kier molecular flexibility index (Phi) is 6.60. The van der Waals surface area contributed by atoms with Gasteiger partial charge in [-0.15, -0.1) is 0 Å². The van der Waals surface area contributed by atoms with Gasteiger partial charge in [0.2, 0.25) is 0 Å². The Morgan fingerprint density at radius 1 is 1.25 bits per heavy atom. The van der Waals surface area contributed by atoms with Crippen molar-refractivity contribution in [3.05, 3.63) is 76.7 Å². The maximum absolute atomic E-state index is 14.0. The molecule has 6 nitrogen and oxygen atoms in total. The third kappa shape index (κ3) is 4.27. The Labute approximate surface area is 190 Å². The number of aliphatic imine (C=N–C) groups is 1. The summed E-state index contributed by atoms with van der Waals surface area (Å²) in [6.45, 7) is 2.73. The van der Waals surface area contributed by atoms with Crippen LogP contribution in [0.4, 0.5) is 10.1 Å². The second kappa shape index (κ2) is 9.56. The van der Waals surface area contributed by atoms with E-state index in [0.29, 0.717) is 23.4 Å². The van der Waals surface area contributed by atoms with Gasteiger partial charge in [-0.3, -0.25) is 4.79 Å². The minimum atomic E-state index is -0.580. The number of amides is 1. The van der Waals surface area contributed by atoms with Crippen LogP contribution in [0.5, 0.6) is 0 Å². The van der Waals surface area contributed by atoms with Crippen molar-refractivity contribution in [3.63, 3.8) is 0 Å². The first-order valence-electron chi connectivity index (χ1n) is 10.5. The van der Waals surface area contributed by atoms with Crippen LogP contribution in [-0.2, 0) is 9.53 Å². The third-order valence-corrected chi connectivity index (χ3v) is 6.54. The first-order chi connectivity index (χ1) is 15.5. The molecule has 0 bridgehead atoms. The Bertz CT molecular complexity index is 1120. The first kappa shape index (κ1) is 22.1. The van der Waals surface area contributed by atoms with Crippen molar-refractivity contribution in [2.24, 2.45) is 4.99 Å². The van der Waals surface area contributed by atoms with E-state index in [1.165, 1.54) is 25.3 Å². The van der Waals surface area contributed by atoms with Crippen LogP contribution in [0.15, 0.2) is 64.8 Å². The maximum Gasteiger partial charge on any atom is 0.338 e. The summed E-state index contributed by atoms with van der Waals surface area (Å²) in [4.78, 5) is 32.2. The van der Waals surface area contributed by atoms with Crippen LogP contribution in [0.1, 0.15) is 41.7 Å². The summed E-state index contributed by atoms with van der Waals surface area (Å²) in [7, 11) is 1.37. The molecule has 32 heavy (non-hydrogen) atoms. The number of allylic oxidation sites excluding steroid dienone is 1. The molecule has 2 heterocycles. The van der Waals surface area contributed by atoms with Crippen molar-refractivity contribution in [2.45, 2.75) is 25.8 Å². The van der Waals surface area contributed by atoms with Gasteiger partial charge in [-0.05, 0) is 42.7 Å². The number of methoxy groups -OCH3 is 1. The average molecular weight is 454 g/mol. The molecule has 2 aliphatic heterocycles. The number of nitrogens with zero attached hydrogens (tertiary/aromatic N) is 2. The summed E-state index contributed by atoms with van der Waals surface area (Å²) in [6.07, 6.45) is 1.57. The lowest BCUT2D eigenvalue weighted by Crippen LogP contribution is -2.42. The summed E-state index contributed by atoms with van der Waals surface area (Å²) < 4.78 is 19.1. The highest BCUT2D eigenvalue weighted by Crippen LogP contribution is 2.41. The standard InChI is InChI=1S/C24H24FN3O3S/c1-3-19-20(23(30)31-2)21(28-12-7-13-32-24(28)27-19)15-8-6-9-16(14-15)26-22(29)17-10-4-5-11-18(17)25/h4-6,8-11,14,21H,3,7,12-13H2,1-2H3,(H,26,29). The van der Waals surface area contributed by atoms with Gasteiger partial charge < -0.3 is 15.0 Å². The van der Waals surface area contributed by atoms with Crippen molar-refractivity contribution < 1.29 is 18.7 Å². The summed E-state index contributed by atoms with van der Waals surface area (Å²) >= 11 is 1.68. The van der Waals surface area contributed by atoms with Gasteiger partial charge in [0, 0.05) is 18.0 Å². The van der Waals surface area contributed by atoms with E-state index < -0.39 is 17.7 Å². The molecular weight excluding hydrogens is 429 g/mol. The number of thioether (sulfide) groups is 1. The highest BCUT2D eigenvalue weighted by atomic mass is 32.2. The highest BCUT2D eigenvalue weighted by molar-refractivity contribution is 8.13. The number of amidine groups is 1. The molecule has 0 spiro atoms. The second-order valence-corrected chi connectivity index (χ2v) is 8.52. The number of nitrogens with one attached hydrogen (secondary N) is 1. The molecule has 1 unspecified atom stereocenters. The molecule has 2 aliphatic rings. The fourth-order valence-electron chi connectivity index (χ4n) is 3.99. The SMILES string of the molecule is CCC1=C(C(=O)OC)C(c2cccc(NC(=O)c3ccccc3F)c2)N2CCCSC2=N1. The monoisotopic (exact) mass is 453 g/mol. The highest BCUT2D eigenvalue weighted by Gasteiger charge is 2.38. The number of ether oxygens (including phenoxy) is 1. The van der Waals surface area contributed by atoms with Crippen LogP contribution < -0.4 is 5.32 Å². The average Bonchev–Trinajstić information content (AvgIpc) is 2.82. The molecule has 1 amide bonds. The number of hydrogen-bond donors (Lipinski definition) is 1. The third-order valence-electron chi connectivity index (χ3n) is 5.47. The Balaban J connectivity index is 1.72. The molecule has 0 saturated carbocycles. The van der Waals surface area contributed by atoms with Gasteiger partial charge in [-0.25, -0.2) is 14.2 Å². The summed E-state index contributed by atoms with van der Waals surface area (Å²) in [5.41, 5.74) is 2.55.